The van der Waals surface area contributed by atoms with E-state index < -0.39 is 12.0 Å². The molecule has 4 heteroatoms. The summed E-state index contributed by atoms with van der Waals surface area (Å²) in [5, 5.41) is 9.29. The second kappa shape index (κ2) is 2.39. The maximum absolute atomic E-state index is 10.2. The van der Waals surface area contributed by atoms with Crippen LogP contribution in [-0.2, 0) is 4.79 Å². The summed E-state index contributed by atoms with van der Waals surface area (Å²) in [5.41, 5.74) is 0. The van der Waals surface area contributed by atoms with Crippen LogP contribution in [0.15, 0.2) is 4.99 Å². The number of carboxylic acid groups (broad SMARTS) is 1. The molecule has 0 spiro atoms. The number of hydrogen-bond donors (Lipinski definition) is 1. The first kappa shape index (κ1) is 6.61. The van der Waals surface area contributed by atoms with Gasteiger partial charge in [0.1, 0.15) is 0 Å². The van der Waals surface area contributed by atoms with E-state index in [0.717, 1.165) is 5.04 Å². The minimum atomic E-state index is -0.820. The Morgan fingerprint density at radius 2 is 2.67 bits per heavy atom. The summed E-state index contributed by atoms with van der Waals surface area (Å²) in [6.45, 7) is 1.83. The van der Waals surface area contributed by atoms with Crippen molar-refractivity contribution in [3.05, 3.63) is 0 Å². The van der Waals surface area contributed by atoms with E-state index in [0.29, 0.717) is 5.75 Å². The molecule has 1 rings (SSSR count). The molecule has 1 aliphatic heterocycles. The van der Waals surface area contributed by atoms with Crippen LogP contribution in [-0.4, -0.2) is 27.9 Å². The smallest absolute Gasteiger partial charge is 0.329 e. The van der Waals surface area contributed by atoms with Crippen molar-refractivity contribution in [3.8, 4) is 0 Å². The van der Waals surface area contributed by atoms with Gasteiger partial charge in [-0.2, -0.15) is 0 Å². The van der Waals surface area contributed by atoms with Gasteiger partial charge >= 0.3 is 5.97 Å². The summed E-state index contributed by atoms with van der Waals surface area (Å²) in [6, 6.07) is -0.491. The Morgan fingerprint density at radius 3 is 2.89 bits per heavy atom. The van der Waals surface area contributed by atoms with Gasteiger partial charge in [-0.25, -0.2) is 4.79 Å². The average Bonchev–Trinajstić information content (AvgIpc) is 2.14. The SMILES string of the molecule is CC1=N[C@@H](C(=O)O)CS1. The lowest BCUT2D eigenvalue weighted by Gasteiger charge is -1.93. The topological polar surface area (TPSA) is 49.7 Å². The van der Waals surface area contributed by atoms with Crippen LogP contribution in [0.4, 0.5) is 0 Å². The predicted octanol–water partition coefficient (Wildman–Crippen LogP) is 0.605. The Hall–Kier alpha value is -0.510. The number of aliphatic imine (C=N–C) groups is 1. The first-order valence-electron chi connectivity index (χ1n) is 2.60. The molecular weight excluding hydrogens is 138 g/mol. The number of aliphatic carboxylic acids is 1. The largest absolute Gasteiger partial charge is 0.480 e. The van der Waals surface area contributed by atoms with Crippen molar-refractivity contribution < 1.29 is 9.90 Å². The zero-order chi connectivity index (χ0) is 6.85. The van der Waals surface area contributed by atoms with Crippen molar-refractivity contribution >= 4 is 22.8 Å². The zero-order valence-electron chi connectivity index (χ0n) is 5.00. The van der Waals surface area contributed by atoms with Crippen molar-refractivity contribution in [2.75, 3.05) is 5.75 Å². The maximum atomic E-state index is 10.2. The highest BCUT2D eigenvalue weighted by Crippen LogP contribution is 2.16. The second-order valence-electron chi connectivity index (χ2n) is 1.81. The Balaban J connectivity index is 2.57. The molecule has 0 aromatic rings. The molecule has 1 aliphatic rings. The van der Waals surface area contributed by atoms with Crippen molar-refractivity contribution in [1.29, 1.82) is 0 Å². The highest BCUT2D eigenvalue weighted by atomic mass is 32.2. The van der Waals surface area contributed by atoms with Crippen LogP contribution in [0.2, 0.25) is 0 Å². The van der Waals surface area contributed by atoms with Crippen molar-refractivity contribution in [2.24, 2.45) is 4.99 Å². The van der Waals surface area contributed by atoms with Crippen molar-refractivity contribution in [1.82, 2.24) is 0 Å². The van der Waals surface area contributed by atoms with Gasteiger partial charge in [0.05, 0.1) is 5.04 Å². The minimum Gasteiger partial charge on any atom is -0.480 e. The number of carbonyl (C=O) groups is 1. The molecule has 0 bridgehead atoms. The van der Waals surface area contributed by atoms with Gasteiger partial charge in [-0.15, -0.1) is 11.8 Å². The molecule has 1 atom stereocenters. The second-order valence-corrected chi connectivity index (χ2v) is 3.03. The number of rotatable bonds is 1. The molecule has 50 valence electrons. The van der Waals surface area contributed by atoms with Crippen LogP contribution < -0.4 is 0 Å². The first-order valence-corrected chi connectivity index (χ1v) is 3.58. The van der Waals surface area contributed by atoms with Crippen molar-refractivity contribution in [3.63, 3.8) is 0 Å². The zero-order valence-corrected chi connectivity index (χ0v) is 5.81. The Morgan fingerprint density at radius 1 is 2.00 bits per heavy atom. The van der Waals surface area contributed by atoms with Gasteiger partial charge in [0.15, 0.2) is 6.04 Å². The molecule has 0 aromatic heterocycles. The van der Waals surface area contributed by atoms with Gasteiger partial charge in [0, 0.05) is 5.75 Å². The fourth-order valence-corrected chi connectivity index (χ4v) is 1.44. The van der Waals surface area contributed by atoms with E-state index in [-0.39, 0.29) is 0 Å². The summed E-state index contributed by atoms with van der Waals surface area (Å²) >= 11 is 1.50. The quantitative estimate of drug-likeness (QED) is 0.588. The van der Waals surface area contributed by atoms with Crippen molar-refractivity contribution in [2.45, 2.75) is 13.0 Å². The maximum Gasteiger partial charge on any atom is 0.329 e. The van der Waals surface area contributed by atoms with Gasteiger partial charge in [0.25, 0.3) is 0 Å². The molecule has 0 radical (unpaired) electrons. The fraction of sp³-hybridized carbons (Fsp3) is 0.600. The minimum absolute atomic E-state index is 0.491. The van der Waals surface area contributed by atoms with Crippen LogP contribution in [0, 0.1) is 0 Å². The van der Waals surface area contributed by atoms with Crippen LogP contribution in [0.3, 0.4) is 0 Å². The fourth-order valence-electron chi connectivity index (χ4n) is 0.620. The van der Waals surface area contributed by atoms with E-state index in [1.165, 1.54) is 11.8 Å². The Kier molecular flexibility index (Phi) is 1.75. The highest BCUT2D eigenvalue weighted by Gasteiger charge is 2.21. The van der Waals surface area contributed by atoms with E-state index in [1.54, 1.807) is 0 Å². The van der Waals surface area contributed by atoms with E-state index in [4.69, 9.17) is 5.11 Å². The molecule has 3 nitrogen and oxygen atoms in total. The summed E-state index contributed by atoms with van der Waals surface area (Å²) in [4.78, 5) is 14.1. The lowest BCUT2D eigenvalue weighted by Crippen LogP contribution is -2.16. The van der Waals surface area contributed by atoms with Gasteiger partial charge in [0.2, 0.25) is 0 Å². The molecule has 1 heterocycles. The Bertz CT molecular complexity index is 166. The molecule has 0 aromatic carbocycles. The molecule has 0 fully saturated rings. The number of thioether (sulfide) groups is 1. The lowest BCUT2D eigenvalue weighted by molar-refractivity contribution is -0.137. The number of hydrogen-bond acceptors (Lipinski definition) is 3. The van der Waals surface area contributed by atoms with Gasteiger partial charge < -0.3 is 5.11 Å². The number of carboxylic acids is 1. The van der Waals surface area contributed by atoms with Gasteiger partial charge in [-0.05, 0) is 6.92 Å². The van der Waals surface area contributed by atoms with E-state index in [2.05, 4.69) is 4.99 Å². The lowest BCUT2D eigenvalue weighted by atomic mass is 10.4. The van der Waals surface area contributed by atoms with Gasteiger partial charge in [-0.3, -0.25) is 4.99 Å². The third-order valence-corrected chi connectivity index (χ3v) is 2.08. The highest BCUT2D eigenvalue weighted by molar-refractivity contribution is 8.14. The van der Waals surface area contributed by atoms with E-state index in [1.807, 2.05) is 6.92 Å². The third kappa shape index (κ3) is 1.45. The third-order valence-electron chi connectivity index (χ3n) is 1.07. The normalized spacial score (nSPS) is 25.9. The summed E-state index contributed by atoms with van der Waals surface area (Å²) in [5.74, 6) is -0.222. The van der Waals surface area contributed by atoms with Crippen LogP contribution in [0.5, 0.6) is 0 Å². The van der Waals surface area contributed by atoms with Crippen LogP contribution in [0.25, 0.3) is 0 Å². The van der Waals surface area contributed by atoms with E-state index >= 15 is 0 Å². The Labute approximate surface area is 57.2 Å². The molecular formula is C5H7NO2S. The van der Waals surface area contributed by atoms with E-state index in [9.17, 15) is 4.79 Å². The summed E-state index contributed by atoms with van der Waals surface area (Å²) in [7, 11) is 0. The molecule has 0 unspecified atom stereocenters. The molecule has 9 heavy (non-hydrogen) atoms. The monoisotopic (exact) mass is 145 g/mol. The molecule has 0 saturated heterocycles. The average molecular weight is 145 g/mol. The molecule has 1 N–H and O–H groups in total. The standard InChI is InChI=1S/C5H7NO2S/c1-3-6-4(2-9-3)5(7)8/h4H,2H2,1H3,(H,7,8)/t4-/m1/s1. The predicted molar refractivity (Wildman–Crippen MR) is 37.0 cm³/mol. The molecule has 0 amide bonds. The first-order chi connectivity index (χ1) is 4.20. The van der Waals surface area contributed by atoms with Crippen LogP contribution in [0.1, 0.15) is 6.92 Å². The molecule has 0 saturated carbocycles. The number of nitrogens with zero attached hydrogens (tertiary/aromatic N) is 1. The van der Waals surface area contributed by atoms with Gasteiger partial charge in [-0.1, -0.05) is 0 Å². The summed E-state index contributed by atoms with van der Waals surface area (Å²) < 4.78 is 0. The molecule has 0 aliphatic carbocycles. The summed E-state index contributed by atoms with van der Waals surface area (Å²) in [6.07, 6.45) is 0. The van der Waals surface area contributed by atoms with Crippen LogP contribution >= 0.6 is 11.8 Å².